The molecule has 2 N–H and O–H groups in total. The number of methoxy groups -OCH3 is 1. The molecule has 21 heavy (non-hydrogen) atoms. The van der Waals surface area contributed by atoms with Crippen LogP contribution in [0, 0.1) is 6.92 Å². The lowest BCUT2D eigenvalue weighted by molar-refractivity contribution is 0.164. The number of benzene rings is 2. The third-order valence-corrected chi connectivity index (χ3v) is 3.68. The Morgan fingerprint density at radius 2 is 1.62 bits per heavy atom. The van der Waals surface area contributed by atoms with Crippen LogP contribution in [-0.2, 0) is 0 Å². The van der Waals surface area contributed by atoms with Crippen LogP contribution in [0.5, 0.6) is 11.5 Å². The molecule has 112 valence electrons. The summed E-state index contributed by atoms with van der Waals surface area (Å²) in [6.45, 7) is 4.15. The number of ether oxygens (including phenoxy) is 2. The van der Waals surface area contributed by atoms with E-state index in [0.717, 1.165) is 23.5 Å². The van der Waals surface area contributed by atoms with Crippen LogP contribution in [0.15, 0.2) is 48.5 Å². The highest BCUT2D eigenvalue weighted by Crippen LogP contribution is 2.33. The van der Waals surface area contributed by atoms with Gasteiger partial charge in [-0.3, -0.25) is 0 Å². The van der Waals surface area contributed by atoms with Crippen LogP contribution in [0.3, 0.4) is 0 Å². The third kappa shape index (κ3) is 3.56. The molecule has 0 amide bonds. The second-order valence-electron chi connectivity index (χ2n) is 5.12. The van der Waals surface area contributed by atoms with Gasteiger partial charge in [-0.05, 0) is 36.6 Å². The van der Waals surface area contributed by atoms with Crippen LogP contribution in [0.4, 0.5) is 0 Å². The van der Waals surface area contributed by atoms with Gasteiger partial charge in [0.1, 0.15) is 6.10 Å². The van der Waals surface area contributed by atoms with E-state index in [1.807, 2.05) is 36.4 Å². The highest BCUT2D eigenvalue weighted by Gasteiger charge is 2.23. The van der Waals surface area contributed by atoms with E-state index in [-0.39, 0.29) is 12.1 Å². The Hall–Kier alpha value is -2.00. The van der Waals surface area contributed by atoms with E-state index in [4.69, 9.17) is 15.2 Å². The molecule has 2 atom stereocenters. The van der Waals surface area contributed by atoms with Gasteiger partial charge in [0.15, 0.2) is 11.5 Å². The number of nitrogens with two attached hydrogens (primary N) is 1. The van der Waals surface area contributed by atoms with Gasteiger partial charge in [-0.2, -0.15) is 0 Å². The molecule has 0 aromatic heterocycles. The molecule has 0 aliphatic rings. The Morgan fingerprint density at radius 3 is 2.24 bits per heavy atom. The molecule has 3 heteroatoms. The van der Waals surface area contributed by atoms with Gasteiger partial charge in [-0.25, -0.2) is 0 Å². The fraction of sp³-hybridized carbons (Fsp3) is 0.333. The smallest absolute Gasteiger partial charge is 0.162 e. The predicted molar refractivity (Wildman–Crippen MR) is 85.8 cm³/mol. The highest BCUT2D eigenvalue weighted by molar-refractivity contribution is 5.40. The lowest BCUT2D eigenvalue weighted by Crippen LogP contribution is -2.32. The molecular weight excluding hydrogens is 262 g/mol. The summed E-state index contributed by atoms with van der Waals surface area (Å²) >= 11 is 0. The summed E-state index contributed by atoms with van der Waals surface area (Å²) in [6, 6.07) is 15.8. The molecular formula is C18H23NO2. The maximum Gasteiger partial charge on any atom is 0.162 e. The van der Waals surface area contributed by atoms with Gasteiger partial charge in [0.25, 0.3) is 0 Å². The van der Waals surface area contributed by atoms with Crippen molar-refractivity contribution in [1.29, 1.82) is 0 Å². The van der Waals surface area contributed by atoms with E-state index in [2.05, 4.69) is 26.0 Å². The summed E-state index contributed by atoms with van der Waals surface area (Å²) in [5.74, 6) is 1.44. The molecule has 0 spiro atoms. The second-order valence-corrected chi connectivity index (χ2v) is 5.12. The molecule has 2 aromatic carbocycles. The second kappa shape index (κ2) is 7.14. The van der Waals surface area contributed by atoms with Gasteiger partial charge >= 0.3 is 0 Å². The van der Waals surface area contributed by atoms with Gasteiger partial charge in [-0.1, -0.05) is 43.3 Å². The summed E-state index contributed by atoms with van der Waals surface area (Å²) < 4.78 is 11.6. The Morgan fingerprint density at radius 1 is 1.00 bits per heavy atom. The Bertz CT molecular complexity index is 583. The largest absolute Gasteiger partial charge is 0.493 e. The molecule has 2 rings (SSSR count). The van der Waals surface area contributed by atoms with Crippen LogP contribution < -0.4 is 15.2 Å². The van der Waals surface area contributed by atoms with Crippen LogP contribution in [0.25, 0.3) is 0 Å². The molecule has 0 heterocycles. The van der Waals surface area contributed by atoms with Crippen molar-refractivity contribution < 1.29 is 9.47 Å². The van der Waals surface area contributed by atoms with Crippen molar-refractivity contribution in [3.8, 4) is 11.5 Å². The van der Waals surface area contributed by atoms with Crippen LogP contribution >= 0.6 is 0 Å². The summed E-state index contributed by atoms with van der Waals surface area (Å²) in [7, 11) is 1.64. The van der Waals surface area contributed by atoms with Gasteiger partial charge in [0.2, 0.25) is 0 Å². The van der Waals surface area contributed by atoms with E-state index in [1.54, 1.807) is 7.11 Å². The highest BCUT2D eigenvalue weighted by atomic mass is 16.5. The average molecular weight is 285 g/mol. The molecule has 0 aliphatic carbocycles. The number of aryl methyl sites for hydroxylation is 1. The molecule has 3 nitrogen and oxygen atoms in total. The van der Waals surface area contributed by atoms with Crippen molar-refractivity contribution >= 4 is 0 Å². The van der Waals surface area contributed by atoms with Crippen LogP contribution in [0.2, 0.25) is 0 Å². The molecule has 2 unspecified atom stereocenters. The monoisotopic (exact) mass is 285 g/mol. The van der Waals surface area contributed by atoms with E-state index < -0.39 is 0 Å². The summed E-state index contributed by atoms with van der Waals surface area (Å²) in [6.07, 6.45) is 0.654. The lowest BCUT2D eigenvalue weighted by Gasteiger charge is -2.26. The van der Waals surface area contributed by atoms with Crippen molar-refractivity contribution in [1.82, 2.24) is 0 Å². The fourth-order valence-electron chi connectivity index (χ4n) is 2.35. The Balaban J connectivity index is 2.36. The maximum atomic E-state index is 6.29. The van der Waals surface area contributed by atoms with Crippen LogP contribution in [0.1, 0.15) is 30.6 Å². The van der Waals surface area contributed by atoms with E-state index >= 15 is 0 Å². The molecule has 0 radical (unpaired) electrons. The minimum Gasteiger partial charge on any atom is -0.493 e. The van der Waals surface area contributed by atoms with Crippen molar-refractivity contribution in [3.63, 3.8) is 0 Å². The van der Waals surface area contributed by atoms with Gasteiger partial charge in [0, 0.05) is 6.04 Å². The summed E-state index contributed by atoms with van der Waals surface area (Å²) in [5, 5.41) is 0. The standard InChI is InChI=1S/C18H23NO2/c1-4-15(19)18(14-10-6-5-9-13(14)2)21-17-12-8-7-11-16(17)20-3/h5-12,15,18H,4,19H2,1-3H3. The van der Waals surface area contributed by atoms with E-state index in [1.165, 1.54) is 5.56 Å². The number of para-hydroxylation sites is 2. The van der Waals surface area contributed by atoms with Crippen molar-refractivity contribution in [2.45, 2.75) is 32.4 Å². The summed E-state index contributed by atoms with van der Waals surface area (Å²) in [5.41, 5.74) is 8.60. The van der Waals surface area contributed by atoms with E-state index in [0.29, 0.717) is 0 Å². The number of hydrogen-bond acceptors (Lipinski definition) is 3. The number of rotatable bonds is 6. The zero-order valence-corrected chi connectivity index (χ0v) is 12.9. The van der Waals surface area contributed by atoms with E-state index in [9.17, 15) is 0 Å². The van der Waals surface area contributed by atoms with Gasteiger partial charge in [-0.15, -0.1) is 0 Å². The lowest BCUT2D eigenvalue weighted by atomic mass is 9.96. The predicted octanol–water partition coefficient (Wildman–Crippen LogP) is 3.86. The first-order valence-corrected chi connectivity index (χ1v) is 7.28. The quantitative estimate of drug-likeness (QED) is 0.876. The first-order valence-electron chi connectivity index (χ1n) is 7.28. The first-order chi connectivity index (χ1) is 10.2. The fourth-order valence-corrected chi connectivity index (χ4v) is 2.35. The molecule has 0 bridgehead atoms. The normalized spacial score (nSPS) is 13.5. The van der Waals surface area contributed by atoms with Crippen molar-refractivity contribution in [2.75, 3.05) is 7.11 Å². The minimum atomic E-state index is -0.188. The molecule has 2 aromatic rings. The van der Waals surface area contributed by atoms with Gasteiger partial charge in [0.05, 0.1) is 7.11 Å². The zero-order chi connectivity index (χ0) is 15.2. The average Bonchev–Trinajstić information content (AvgIpc) is 2.53. The number of hydrogen-bond donors (Lipinski definition) is 1. The topological polar surface area (TPSA) is 44.5 Å². The molecule has 0 saturated carbocycles. The summed E-state index contributed by atoms with van der Waals surface area (Å²) in [4.78, 5) is 0. The first kappa shape index (κ1) is 15.4. The maximum absolute atomic E-state index is 6.29. The van der Waals surface area contributed by atoms with Crippen molar-refractivity contribution in [2.24, 2.45) is 5.73 Å². The van der Waals surface area contributed by atoms with Crippen LogP contribution in [-0.4, -0.2) is 13.2 Å². The Labute approximate surface area is 126 Å². The Kier molecular flexibility index (Phi) is 5.23. The molecule has 0 aliphatic heterocycles. The van der Waals surface area contributed by atoms with Gasteiger partial charge < -0.3 is 15.2 Å². The van der Waals surface area contributed by atoms with Crippen molar-refractivity contribution in [3.05, 3.63) is 59.7 Å². The third-order valence-electron chi connectivity index (χ3n) is 3.68. The SMILES string of the molecule is CCC(N)C(Oc1ccccc1OC)c1ccccc1C. The molecule has 0 saturated heterocycles. The minimum absolute atomic E-state index is 0.0731. The molecule has 0 fully saturated rings. The zero-order valence-electron chi connectivity index (χ0n) is 12.9.